The van der Waals surface area contributed by atoms with Gasteiger partial charge in [-0.2, -0.15) is 13.2 Å². The van der Waals surface area contributed by atoms with Crippen LogP contribution in [0.5, 0.6) is 5.75 Å². The van der Waals surface area contributed by atoms with Gasteiger partial charge in [0.1, 0.15) is 5.75 Å². The van der Waals surface area contributed by atoms with E-state index in [-0.39, 0.29) is 16.2 Å². The number of carbonyl (C=O) groups excluding carboxylic acids is 1. The third-order valence-electron chi connectivity index (χ3n) is 4.80. The number of alkyl halides is 3. The van der Waals surface area contributed by atoms with E-state index in [1.165, 1.54) is 32.4 Å². The zero-order valence-corrected chi connectivity index (χ0v) is 17.2. The van der Waals surface area contributed by atoms with Crippen LogP contribution in [0.2, 0.25) is 0 Å². The highest BCUT2D eigenvalue weighted by atomic mass is 32.1. The van der Waals surface area contributed by atoms with Crippen LogP contribution in [0.4, 0.5) is 18.9 Å². The second kappa shape index (κ2) is 8.35. The first kappa shape index (κ1) is 21.6. The molecule has 5 nitrogen and oxygen atoms in total. The van der Waals surface area contributed by atoms with Gasteiger partial charge < -0.3 is 14.8 Å². The van der Waals surface area contributed by atoms with Crippen LogP contribution in [0.3, 0.4) is 0 Å². The van der Waals surface area contributed by atoms with Gasteiger partial charge in [0.15, 0.2) is 5.11 Å². The lowest BCUT2D eigenvalue weighted by molar-refractivity contribution is -0.139. The van der Waals surface area contributed by atoms with E-state index in [0.717, 1.165) is 6.07 Å². The van der Waals surface area contributed by atoms with E-state index in [1.54, 1.807) is 36.1 Å². The van der Waals surface area contributed by atoms with Gasteiger partial charge in [-0.15, -0.1) is 0 Å². The molecule has 3 rings (SSSR count). The third-order valence-corrected chi connectivity index (χ3v) is 5.10. The summed E-state index contributed by atoms with van der Waals surface area (Å²) in [5, 5.41) is 3.05. The number of carbonyl (C=O) groups is 1. The number of nitrogens with zero attached hydrogens (tertiary/aromatic N) is 1. The van der Waals surface area contributed by atoms with Crippen LogP contribution in [0.1, 0.15) is 24.1 Å². The Morgan fingerprint density at radius 1 is 1.10 bits per heavy atom. The molecule has 0 bridgehead atoms. The van der Waals surface area contributed by atoms with Gasteiger partial charge in [0.2, 0.25) is 0 Å². The molecule has 1 aliphatic rings. The fourth-order valence-corrected chi connectivity index (χ4v) is 3.76. The number of benzene rings is 2. The first-order chi connectivity index (χ1) is 14.2. The summed E-state index contributed by atoms with van der Waals surface area (Å²) in [7, 11) is 2.71. The molecule has 1 unspecified atom stereocenters. The third kappa shape index (κ3) is 3.97. The van der Waals surface area contributed by atoms with Gasteiger partial charge in [0, 0.05) is 11.4 Å². The van der Waals surface area contributed by atoms with Gasteiger partial charge in [0.05, 0.1) is 31.4 Å². The molecule has 9 heteroatoms. The summed E-state index contributed by atoms with van der Waals surface area (Å²) in [4.78, 5) is 14.2. The lowest BCUT2D eigenvalue weighted by Gasteiger charge is -2.38. The van der Waals surface area contributed by atoms with E-state index in [4.69, 9.17) is 21.7 Å². The Morgan fingerprint density at radius 3 is 2.30 bits per heavy atom. The SMILES string of the molecule is COC(=O)C1=C(C)N(c2ccc(OC)cc2)C(=S)NC1c1ccccc1C(F)(F)F. The molecule has 0 saturated heterocycles. The maximum absolute atomic E-state index is 13.6. The minimum absolute atomic E-state index is 0.0404. The van der Waals surface area contributed by atoms with Crippen LogP contribution < -0.4 is 15.0 Å². The van der Waals surface area contributed by atoms with Crippen LogP contribution in [0.15, 0.2) is 59.8 Å². The quantitative estimate of drug-likeness (QED) is 0.559. The van der Waals surface area contributed by atoms with Crippen LogP contribution >= 0.6 is 12.2 Å². The Kier molecular flexibility index (Phi) is 6.02. The molecule has 0 fully saturated rings. The average molecular weight is 436 g/mol. The van der Waals surface area contributed by atoms with E-state index >= 15 is 0 Å². The van der Waals surface area contributed by atoms with Gasteiger partial charge in [-0.3, -0.25) is 4.90 Å². The molecule has 0 amide bonds. The van der Waals surface area contributed by atoms with Gasteiger partial charge in [-0.05, 0) is 55.0 Å². The zero-order chi connectivity index (χ0) is 22.1. The summed E-state index contributed by atoms with van der Waals surface area (Å²) in [5.74, 6) is -0.121. The first-order valence-electron chi connectivity index (χ1n) is 8.89. The average Bonchev–Trinajstić information content (AvgIpc) is 2.72. The van der Waals surface area contributed by atoms with E-state index in [1.807, 2.05) is 0 Å². The molecule has 0 spiro atoms. The number of allylic oxidation sites excluding steroid dienone is 1. The monoisotopic (exact) mass is 436 g/mol. The summed E-state index contributed by atoms with van der Waals surface area (Å²) in [6.45, 7) is 1.62. The standard InChI is InChI=1S/C21H19F3N2O3S/c1-12-17(19(27)29-3)18(15-6-4-5-7-16(15)21(22,23)24)25-20(30)26(12)13-8-10-14(28-2)11-9-13/h4-11,18H,1-3H3,(H,25,30). The number of nitrogens with one attached hydrogen (secondary N) is 1. The van der Waals surface area contributed by atoms with Crippen molar-refractivity contribution in [2.75, 3.05) is 19.1 Å². The maximum Gasteiger partial charge on any atom is 0.416 e. The van der Waals surface area contributed by atoms with Crippen molar-refractivity contribution < 1.29 is 27.4 Å². The van der Waals surface area contributed by atoms with Crippen molar-refractivity contribution in [2.24, 2.45) is 0 Å². The van der Waals surface area contributed by atoms with Crippen molar-refractivity contribution >= 4 is 29.0 Å². The molecular formula is C21H19F3N2O3S. The normalized spacial score (nSPS) is 16.9. The summed E-state index contributed by atoms with van der Waals surface area (Å²) in [5.41, 5.74) is 0.0741. The van der Waals surface area contributed by atoms with Crippen LogP contribution in [0.25, 0.3) is 0 Å². The van der Waals surface area contributed by atoms with Crippen molar-refractivity contribution in [3.63, 3.8) is 0 Å². The molecule has 0 aliphatic carbocycles. The van der Waals surface area contributed by atoms with E-state index < -0.39 is 23.8 Å². The predicted octanol–water partition coefficient (Wildman–Crippen LogP) is 4.60. The largest absolute Gasteiger partial charge is 0.497 e. The number of halogens is 3. The summed E-state index contributed by atoms with van der Waals surface area (Å²) in [6.07, 6.45) is -4.60. The topological polar surface area (TPSA) is 50.8 Å². The number of methoxy groups -OCH3 is 2. The molecular weight excluding hydrogens is 417 g/mol. The number of esters is 1. The molecule has 30 heavy (non-hydrogen) atoms. The van der Waals surface area contributed by atoms with E-state index in [9.17, 15) is 18.0 Å². The van der Waals surface area contributed by atoms with E-state index in [2.05, 4.69) is 5.32 Å². The highest BCUT2D eigenvalue weighted by Gasteiger charge is 2.41. The molecule has 1 atom stereocenters. The molecule has 158 valence electrons. The summed E-state index contributed by atoms with van der Waals surface area (Å²) < 4.78 is 50.8. The van der Waals surface area contributed by atoms with Crippen molar-refractivity contribution in [1.82, 2.24) is 5.32 Å². The number of hydrogen-bond donors (Lipinski definition) is 1. The second-order valence-electron chi connectivity index (χ2n) is 6.49. The number of ether oxygens (including phenoxy) is 2. The Morgan fingerprint density at radius 2 is 1.73 bits per heavy atom. The number of rotatable bonds is 4. The van der Waals surface area contributed by atoms with Crippen LogP contribution in [0, 0.1) is 0 Å². The van der Waals surface area contributed by atoms with Gasteiger partial charge >= 0.3 is 12.1 Å². The highest BCUT2D eigenvalue weighted by molar-refractivity contribution is 7.80. The summed E-state index contributed by atoms with van der Waals surface area (Å²) in [6, 6.07) is 10.9. The fourth-order valence-electron chi connectivity index (χ4n) is 3.40. The van der Waals surface area contributed by atoms with E-state index in [0.29, 0.717) is 17.1 Å². The molecule has 1 N–H and O–H groups in total. The fraction of sp³-hybridized carbons (Fsp3) is 0.238. The Balaban J connectivity index is 2.17. The maximum atomic E-state index is 13.6. The Labute approximate surface area is 177 Å². The molecule has 2 aromatic carbocycles. The molecule has 0 saturated carbocycles. The zero-order valence-electron chi connectivity index (χ0n) is 16.4. The molecule has 0 aromatic heterocycles. The number of anilines is 1. The summed E-state index contributed by atoms with van der Waals surface area (Å²) >= 11 is 5.45. The highest BCUT2D eigenvalue weighted by Crippen LogP contribution is 2.40. The van der Waals surface area contributed by atoms with Gasteiger partial charge in [-0.1, -0.05) is 18.2 Å². The Hall–Kier alpha value is -3.07. The molecule has 0 radical (unpaired) electrons. The van der Waals surface area contributed by atoms with Gasteiger partial charge in [-0.25, -0.2) is 4.79 Å². The van der Waals surface area contributed by atoms with Crippen molar-refractivity contribution in [3.8, 4) is 5.75 Å². The van der Waals surface area contributed by atoms with Crippen molar-refractivity contribution in [1.29, 1.82) is 0 Å². The first-order valence-corrected chi connectivity index (χ1v) is 9.29. The van der Waals surface area contributed by atoms with Gasteiger partial charge in [0.25, 0.3) is 0 Å². The number of thiocarbonyl (C=S) groups is 1. The second-order valence-corrected chi connectivity index (χ2v) is 6.88. The smallest absolute Gasteiger partial charge is 0.416 e. The van der Waals surface area contributed by atoms with Crippen molar-refractivity contribution in [3.05, 3.63) is 70.9 Å². The minimum atomic E-state index is -4.60. The lowest BCUT2D eigenvalue weighted by Crippen LogP contribution is -2.48. The van der Waals surface area contributed by atoms with Crippen LogP contribution in [-0.4, -0.2) is 25.3 Å². The lowest BCUT2D eigenvalue weighted by atomic mass is 9.91. The number of hydrogen-bond acceptors (Lipinski definition) is 4. The molecule has 1 heterocycles. The predicted molar refractivity (Wildman–Crippen MR) is 110 cm³/mol. The van der Waals surface area contributed by atoms with Crippen molar-refractivity contribution in [2.45, 2.75) is 19.1 Å². The Bertz CT molecular complexity index is 1000. The van der Waals surface area contributed by atoms with Crippen LogP contribution in [-0.2, 0) is 15.7 Å². The molecule has 2 aromatic rings. The molecule has 1 aliphatic heterocycles. The minimum Gasteiger partial charge on any atom is -0.497 e.